The van der Waals surface area contributed by atoms with Crippen molar-refractivity contribution in [3.8, 4) is 0 Å². The van der Waals surface area contributed by atoms with Gasteiger partial charge in [-0.25, -0.2) is 8.78 Å². The summed E-state index contributed by atoms with van der Waals surface area (Å²) in [6.45, 7) is 1.91. The van der Waals surface area contributed by atoms with Gasteiger partial charge in [-0.15, -0.1) is 11.8 Å². The zero-order valence-corrected chi connectivity index (χ0v) is 10.6. The summed E-state index contributed by atoms with van der Waals surface area (Å²) in [5, 5.41) is 2.37. The molecule has 1 atom stereocenters. The smallest absolute Gasteiger partial charge is 0.229 e. The van der Waals surface area contributed by atoms with Gasteiger partial charge in [0.05, 0.1) is 5.75 Å². The Balaban J connectivity index is 2.75. The van der Waals surface area contributed by atoms with E-state index in [1.165, 1.54) is 23.9 Å². The van der Waals surface area contributed by atoms with E-state index in [0.29, 0.717) is 12.0 Å². The van der Waals surface area contributed by atoms with Gasteiger partial charge in [0.25, 0.3) is 0 Å². The Morgan fingerprint density at radius 1 is 1.47 bits per heavy atom. The average molecular weight is 259 g/mol. The lowest BCUT2D eigenvalue weighted by molar-refractivity contribution is -0.118. The van der Waals surface area contributed by atoms with E-state index in [9.17, 15) is 13.6 Å². The quantitative estimate of drug-likeness (QED) is 0.881. The second-order valence-electron chi connectivity index (χ2n) is 3.55. The molecule has 0 aliphatic rings. The molecule has 0 radical (unpaired) electrons. The van der Waals surface area contributed by atoms with Gasteiger partial charge in [-0.1, -0.05) is 13.0 Å². The SMILES string of the molecule is CCC(SCC(=O)NC)c1ccc(F)cc1F. The summed E-state index contributed by atoms with van der Waals surface area (Å²) in [5.74, 6) is -0.971. The molecule has 0 bridgehead atoms. The molecule has 1 amide bonds. The number of hydrogen-bond donors (Lipinski definition) is 1. The second-order valence-corrected chi connectivity index (χ2v) is 4.74. The molecule has 0 aromatic heterocycles. The molecule has 1 aromatic rings. The van der Waals surface area contributed by atoms with Gasteiger partial charge in [-0.2, -0.15) is 0 Å². The highest BCUT2D eigenvalue weighted by Crippen LogP contribution is 2.33. The number of rotatable bonds is 5. The fraction of sp³-hybridized carbons (Fsp3) is 0.417. The van der Waals surface area contributed by atoms with Crippen molar-refractivity contribution in [2.75, 3.05) is 12.8 Å². The Kier molecular flexibility index (Phi) is 5.41. The van der Waals surface area contributed by atoms with Crippen LogP contribution in [0.3, 0.4) is 0 Å². The lowest BCUT2D eigenvalue weighted by Gasteiger charge is -2.15. The van der Waals surface area contributed by atoms with E-state index in [1.807, 2.05) is 6.92 Å². The molecule has 2 nitrogen and oxygen atoms in total. The summed E-state index contributed by atoms with van der Waals surface area (Å²) in [5.41, 5.74) is 0.447. The molecule has 0 aliphatic carbocycles. The molecule has 1 aromatic carbocycles. The number of amides is 1. The molecular weight excluding hydrogens is 244 g/mol. The van der Waals surface area contributed by atoms with Crippen molar-refractivity contribution in [1.82, 2.24) is 5.32 Å². The van der Waals surface area contributed by atoms with Gasteiger partial charge in [-0.05, 0) is 12.5 Å². The Bertz CT molecular complexity index is 398. The standard InChI is InChI=1S/C12H15F2NOS/c1-3-11(17-7-12(16)15-2)9-5-4-8(13)6-10(9)14/h4-6,11H,3,7H2,1-2H3,(H,15,16). The molecule has 17 heavy (non-hydrogen) atoms. The molecule has 1 unspecified atom stereocenters. The minimum Gasteiger partial charge on any atom is -0.358 e. The first-order valence-electron chi connectivity index (χ1n) is 5.35. The maximum absolute atomic E-state index is 13.5. The predicted molar refractivity (Wildman–Crippen MR) is 65.9 cm³/mol. The third kappa shape index (κ3) is 4.00. The van der Waals surface area contributed by atoms with Crippen molar-refractivity contribution < 1.29 is 13.6 Å². The van der Waals surface area contributed by atoms with E-state index >= 15 is 0 Å². The zero-order chi connectivity index (χ0) is 12.8. The summed E-state index contributed by atoms with van der Waals surface area (Å²) < 4.78 is 26.3. The van der Waals surface area contributed by atoms with Crippen molar-refractivity contribution in [2.45, 2.75) is 18.6 Å². The van der Waals surface area contributed by atoms with Crippen molar-refractivity contribution >= 4 is 17.7 Å². The van der Waals surface area contributed by atoms with Crippen LogP contribution in [-0.2, 0) is 4.79 Å². The Hall–Kier alpha value is -1.10. The predicted octanol–water partition coefficient (Wildman–Crippen LogP) is 2.90. The maximum atomic E-state index is 13.5. The number of thioether (sulfide) groups is 1. The first-order valence-corrected chi connectivity index (χ1v) is 6.40. The Morgan fingerprint density at radius 3 is 2.71 bits per heavy atom. The van der Waals surface area contributed by atoms with E-state index in [1.54, 1.807) is 7.05 Å². The first-order chi connectivity index (χ1) is 8.08. The monoisotopic (exact) mass is 259 g/mol. The van der Waals surface area contributed by atoms with Crippen LogP contribution < -0.4 is 5.32 Å². The van der Waals surface area contributed by atoms with Gasteiger partial charge in [0.2, 0.25) is 5.91 Å². The van der Waals surface area contributed by atoms with Crippen LogP contribution in [0.4, 0.5) is 8.78 Å². The molecule has 0 heterocycles. The highest BCUT2D eigenvalue weighted by atomic mass is 32.2. The Morgan fingerprint density at radius 2 is 2.18 bits per heavy atom. The summed E-state index contributed by atoms with van der Waals surface area (Å²) >= 11 is 1.35. The first kappa shape index (κ1) is 14.0. The number of nitrogens with one attached hydrogen (secondary N) is 1. The lowest BCUT2D eigenvalue weighted by atomic mass is 10.1. The third-order valence-electron chi connectivity index (χ3n) is 2.37. The molecule has 0 saturated heterocycles. The normalized spacial score (nSPS) is 12.2. The van der Waals surface area contributed by atoms with Gasteiger partial charge in [-0.3, -0.25) is 4.79 Å². The molecule has 94 valence electrons. The van der Waals surface area contributed by atoms with Gasteiger partial charge >= 0.3 is 0 Å². The van der Waals surface area contributed by atoms with Crippen molar-refractivity contribution in [3.63, 3.8) is 0 Å². The molecular formula is C12H15F2NOS. The molecule has 1 N–H and O–H groups in total. The topological polar surface area (TPSA) is 29.1 Å². The molecule has 1 rings (SSSR count). The molecule has 0 fully saturated rings. The van der Waals surface area contributed by atoms with Crippen LogP contribution in [0.25, 0.3) is 0 Å². The van der Waals surface area contributed by atoms with Crippen molar-refractivity contribution in [2.24, 2.45) is 0 Å². The molecule has 5 heteroatoms. The van der Waals surface area contributed by atoms with E-state index in [4.69, 9.17) is 0 Å². The van der Waals surface area contributed by atoms with Crippen LogP contribution in [0.2, 0.25) is 0 Å². The highest BCUT2D eigenvalue weighted by Gasteiger charge is 2.16. The lowest BCUT2D eigenvalue weighted by Crippen LogP contribution is -2.20. The van der Waals surface area contributed by atoms with Crippen molar-refractivity contribution in [3.05, 3.63) is 35.4 Å². The minimum atomic E-state index is -0.586. The van der Waals surface area contributed by atoms with E-state index < -0.39 is 11.6 Å². The maximum Gasteiger partial charge on any atom is 0.229 e. The van der Waals surface area contributed by atoms with Crippen LogP contribution in [0.15, 0.2) is 18.2 Å². The van der Waals surface area contributed by atoms with Gasteiger partial charge in [0.15, 0.2) is 0 Å². The molecule has 0 aliphatic heterocycles. The summed E-state index contributed by atoms with van der Waals surface area (Å²) in [6, 6.07) is 3.55. The van der Waals surface area contributed by atoms with Gasteiger partial charge < -0.3 is 5.32 Å². The summed E-state index contributed by atoms with van der Waals surface area (Å²) in [6.07, 6.45) is 0.685. The van der Waals surface area contributed by atoms with Crippen LogP contribution in [0, 0.1) is 11.6 Å². The number of halogens is 2. The highest BCUT2D eigenvalue weighted by molar-refractivity contribution is 8.00. The van der Waals surface area contributed by atoms with Crippen LogP contribution in [0.5, 0.6) is 0 Å². The number of hydrogen-bond acceptors (Lipinski definition) is 2. The van der Waals surface area contributed by atoms with Crippen molar-refractivity contribution in [1.29, 1.82) is 0 Å². The minimum absolute atomic E-state index is 0.101. The second kappa shape index (κ2) is 6.59. The average Bonchev–Trinajstić information content (AvgIpc) is 2.31. The van der Waals surface area contributed by atoms with Gasteiger partial charge in [0, 0.05) is 23.9 Å². The molecule has 0 saturated carbocycles. The van der Waals surface area contributed by atoms with E-state index in [2.05, 4.69) is 5.32 Å². The van der Waals surface area contributed by atoms with Crippen LogP contribution in [0.1, 0.15) is 24.2 Å². The number of carbonyl (C=O) groups is 1. The fourth-order valence-corrected chi connectivity index (χ4v) is 2.54. The number of carbonyl (C=O) groups excluding carboxylic acids is 1. The summed E-state index contributed by atoms with van der Waals surface area (Å²) in [7, 11) is 1.56. The largest absolute Gasteiger partial charge is 0.358 e. The molecule has 0 spiro atoms. The fourth-order valence-electron chi connectivity index (χ4n) is 1.44. The van der Waals surface area contributed by atoms with E-state index in [-0.39, 0.29) is 16.9 Å². The zero-order valence-electron chi connectivity index (χ0n) is 9.80. The van der Waals surface area contributed by atoms with E-state index in [0.717, 1.165) is 6.07 Å². The van der Waals surface area contributed by atoms with Gasteiger partial charge in [0.1, 0.15) is 11.6 Å². The third-order valence-corrected chi connectivity index (χ3v) is 3.79. The number of benzene rings is 1. The van der Waals surface area contributed by atoms with Crippen LogP contribution in [-0.4, -0.2) is 18.7 Å². The van der Waals surface area contributed by atoms with Crippen LogP contribution >= 0.6 is 11.8 Å². The Labute approximate surface area is 104 Å². The summed E-state index contributed by atoms with van der Waals surface area (Å²) in [4.78, 5) is 11.1.